The molecule has 1 aliphatic rings. The van der Waals surface area contributed by atoms with E-state index in [9.17, 15) is 14.9 Å². The van der Waals surface area contributed by atoms with Crippen LogP contribution in [0.15, 0.2) is 95.6 Å². The molecule has 1 heterocycles. The van der Waals surface area contributed by atoms with Crippen LogP contribution in [0.5, 0.6) is 11.5 Å². The maximum Gasteiger partial charge on any atom is 0.272 e. The van der Waals surface area contributed by atoms with Crippen molar-refractivity contribution in [2.75, 3.05) is 6.61 Å². The summed E-state index contributed by atoms with van der Waals surface area (Å²) in [4.78, 5) is 27.9. The molecule has 6 nitrogen and oxygen atoms in total. The van der Waals surface area contributed by atoms with Gasteiger partial charge in [0, 0.05) is 5.57 Å². The van der Waals surface area contributed by atoms with Gasteiger partial charge in [-0.05, 0) is 61.2 Å². The van der Waals surface area contributed by atoms with Gasteiger partial charge in [-0.2, -0.15) is 5.26 Å². The molecule has 0 saturated carbocycles. The molecule has 4 rings (SSSR count). The lowest BCUT2D eigenvalue weighted by Crippen LogP contribution is -2.44. The van der Waals surface area contributed by atoms with Gasteiger partial charge < -0.3 is 9.47 Å². The molecule has 0 aromatic heterocycles. The molecule has 0 spiro atoms. The van der Waals surface area contributed by atoms with Crippen LogP contribution in [-0.2, 0) is 16.2 Å². The van der Waals surface area contributed by atoms with Crippen LogP contribution < -0.4 is 9.47 Å². The normalized spacial score (nSPS) is 15.5. The van der Waals surface area contributed by atoms with Crippen LogP contribution in [0.4, 0.5) is 0 Å². The summed E-state index contributed by atoms with van der Waals surface area (Å²) in [6, 6.07) is 26.0. The summed E-state index contributed by atoms with van der Waals surface area (Å²) in [6.45, 7) is 6.13. The lowest BCUT2D eigenvalue weighted by Gasteiger charge is -2.32. The van der Waals surface area contributed by atoms with Crippen molar-refractivity contribution in [3.8, 4) is 17.6 Å². The Labute approximate surface area is 217 Å². The van der Waals surface area contributed by atoms with Gasteiger partial charge in [-0.1, -0.05) is 66.7 Å². The Hall–Kier alpha value is -4.63. The van der Waals surface area contributed by atoms with E-state index in [1.807, 2.05) is 79.7 Å². The summed E-state index contributed by atoms with van der Waals surface area (Å²) in [7, 11) is 0. The third kappa shape index (κ3) is 5.46. The number of amides is 2. The minimum Gasteiger partial charge on any atom is -0.490 e. The largest absolute Gasteiger partial charge is 0.490 e. The smallest absolute Gasteiger partial charge is 0.272 e. The quantitative estimate of drug-likeness (QED) is 0.284. The molecule has 0 saturated heterocycles. The van der Waals surface area contributed by atoms with Crippen molar-refractivity contribution in [3.63, 3.8) is 0 Å². The Bertz CT molecular complexity index is 1400. The number of hydrogen-bond donors (Lipinski definition) is 0. The molecule has 1 aliphatic heterocycles. The molecule has 6 heteroatoms. The lowest BCUT2D eigenvalue weighted by molar-refractivity contribution is -0.143. The molecule has 0 radical (unpaired) electrons. The first-order valence-electron chi connectivity index (χ1n) is 12.1. The van der Waals surface area contributed by atoms with Crippen LogP contribution in [0.3, 0.4) is 0 Å². The van der Waals surface area contributed by atoms with Gasteiger partial charge >= 0.3 is 0 Å². The van der Waals surface area contributed by atoms with Gasteiger partial charge in [-0.3, -0.25) is 14.5 Å². The fourth-order valence-corrected chi connectivity index (χ4v) is 4.24. The molecule has 37 heavy (non-hydrogen) atoms. The maximum atomic E-state index is 13.6. The van der Waals surface area contributed by atoms with E-state index < -0.39 is 17.9 Å². The predicted molar refractivity (Wildman–Crippen MR) is 141 cm³/mol. The van der Waals surface area contributed by atoms with E-state index in [0.29, 0.717) is 41.4 Å². The first-order valence-corrected chi connectivity index (χ1v) is 12.1. The zero-order valence-corrected chi connectivity index (χ0v) is 21.1. The Morgan fingerprint density at radius 1 is 0.919 bits per heavy atom. The average Bonchev–Trinajstić information content (AvgIpc) is 2.92. The zero-order valence-electron chi connectivity index (χ0n) is 21.1. The fraction of sp³-hybridized carbons (Fsp3) is 0.194. The molecule has 0 N–H and O–H groups in total. The number of carbonyl (C=O) groups is 2. The van der Waals surface area contributed by atoms with Crippen molar-refractivity contribution in [1.82, 2.24) is 4.90 Å². The highest BCUT2D eigenvalue weighted by Crippen LogP contribution is 2.35. The highest BCUT2D eigenvalue weighted by molar-refractivity contribution is 6.20. The van der Waals surface area contributed by atoms with Crippen LogP contribution in [0.1, 0.15) is 43.5 Å². The molecule has 0 aliphatic carbocycles. The third-order valence-electron chi connectivity index (χ3n) is 6.26. The number of imide groups is 1. The minimum absolute atomic E-state index is 0.0403. The number of carbonyl (C=O) groups excluding carboxylic acids is 2. The van der Waals surface area contributed by atoms with Crippen molar-refractivity contribution in [3.05, 3.63) is 112 Å². The first-order chi connectivity index (χ1) is 17.9. The molecule has 3 aromatic rings. The van der Waals surface area contributed by atoms with Crippen molar-refractivity contribution >= 4 is 17.9 Å². The van der Waals surface area contributed by atoms with Crippen LogP contribution in [0.2, 0.25) is 0 Å². The molecule has 1 atom stereocenters. The fourth-order valence-electron chi connectivity index (χ4n) is 4.24. The number of rotatable bonds is 8. The van der Waals surface area contributed by atoms with E-state index in [0.717, 1.165) is 16.0 Å². The number of ether oxygens (including phenoxy) is 2. The molecule has 3 aromatic carbocycles. The maximum absolute atomic E-state index is 13.6. The number of benzene rings is 3. The van der Waals surface area contributed by atoms with Crippen molar-refractivity contribution < 1.29 is 19.1 Å². The number of nitrogens with zero attached hydrogens (tertiary/aromatic N) is 2. The highest BCUT2D eigenvalue weighted by Gasteiger charge is 2.38. The summed E-state index contributed by atoms with van der Waals surface area (Å²) in [5.74, 6) is 0.101. The zero-order chi connectivity index (χ0) is 26.4. The van der Waals surface area contributed by atoms with Crippen LogP contribution in [-0.4, -0.2) is 23.3 Å². The van der Waals surface area contributed by atoms with Crippen LogP contribution >= 0.6 is 0 Å². The van der Waals surface area contributed by atoms with E-state index in [2.05, 4.69) is 0 Å². The Kier molecular flexibility index (Phi) is 7.85. The van der Waals surface area contributed by atoms with Crippen molar-refractivity contribution in [2.24, 2.45) is 0 Å². The summed E-state index contributed by atoms with van der Waals surface area (Å²) >= 11 is 0. The molecule has 1 unspecified atom stereocenters. The topological polar surface area (TPSA) is 79.6 Å². The molecule has 2 amide bonds. The molecule has 186 valence electrons. The Morgan fingerprint density at radius 2 is 1.59 bits per heavy atom. The SMILES string of the molecule is CCOc1cc(/C=C2/C(=O)N(C(C)c3ccccc3)C(=O)C(C#N)=C2C)ccc1OCc1ccccc1. The van der Waals surface area contributed by atoms with Crippen molar-refractivity contribution in [1.29, 1.82) is 5.26 Å². The van der Waals surface area contributed by atoms with Gasteiger partial charge in [-0.25, -0.2) is 0 Å². The molecular weight excluding hydrogens is 464 g/mol. The molecule has 0 fully saturated rings. The monoisotopic (exact) mass is 492 g/mol. The second-order valence-corrected chi connectivity index (χ2v) is 8.65. The summed E-state index contributed by atoms with van der Waals surface area (Å²) in [6.07, 6.45) is 1.69. The summed E-state index contributed by atoms with van der Waals surface area (Å²) < 4.78 is 11.8. The second kappa shape index (κ2) is 11.4. The van der Waals surface area contributed by atoms with Gasteiger partial charge in [0.05, 0.1) is 12.6 Å². The lowest BCUT2D eigenvalue weighted by atomic mass is 9.91. The number of nitriles is 1. The summed E-state index contributed by atoms with van der Waals surface area (Å²) in [5.41, 5.74) is 3.14. The van der Waals surface area contributed by atoms with E-state index in [4.69, 9.17) is 9.47 Å². The van der Waals surface area contributed by atoms with Crippen LogP contribution in [0.25, 0.3) is 6.08 Å². The number of hydrogen-bond acceptors (Lipinski definition) is 5. The molecular formula is C31H28N2O4. The van der Waals surface area contributed by atoms with E-state index in [-0.39, 0.29) is 5.57 Å². The highest BCUT2D eigenvalue weighted by atomic mass is 16.5. The summed E-state index contributed by atoms with van der Waals surface area (Å²) in [5, 5.41) is 9.75. The first kappa shape index (κ1) is 25.5. The predicted octanol–water partition coefficient (Wildman–Crippen LogP) is 6.02. The standard InChI is InChI=1S/C31H28N2O4/c1-4-36-29-18-24(15-16-28(29)37-20-23-11-7-5-8-12-23)17-26-21(2)27(19-32)31(35)33(30(26)34)22(3)25-13-9-6-10-14-25/h5-18,22H,4,20H2,1-3H3/b26-17+. The van der Waals surface area contributed by atoms with Gasteiger partial charge in [0.25, 0.3) is 11.8 Å². The minimum atomic E-state index is -0.585. The average molecular weight is 493 g/mol. The Balaban J connectivity index is 1.69. The Morgan fingerprint density at radius 3 is 2.24 bits per heavy atom. The second-order valence-electron chi connectivity index (χ2n) is 8.65. The van der Waals surface area contributed by atoms with E-state index >= 15 is 0 Å². The van der Waals surface area contributed by atoms with E-state index in [1.165, 1.54) is 0 Å². The van der Waals surface area contributed by atoms with E-state index in [1.54, 1.807) is 32.1 Å². The van der Waals surface area contributed by atoms with Crippen LogP contribution in [0, 0.1) is 11.3 Å². The van der Waals surface area contributed by atoms with Gasteiger partial charge in [0.15, 0.2) is 11.5 Å². The van der Waals surface area contributed by atoms with Crippen molar-refractivity contribution in [2.45, 2.75) is 33.4 Å². The van der Waals surface area contributed by atoms with Gasteiger partial charge in [0.2, 0.25) is 0 Å². The van der Waals surface area contributed by atoms with Gasteiger partial charge in [0.1, 0.15) is 18.2 Å². The third-order valence-corrected chi connectivity index (χ3v) is 6.26. The molecule has 0 bridgehead atoms. The van der Waals surface area contributed by atoms with Gasteiger partial charge in [-0.15, -0.1) is 0 Å².